The van der Waals surface area contributed by atoms with Gasteiger partial charge in [-0.15, -0.1) is 0 Å². The van der Waals surface area contributed by atoms with E-state index in [9.17, 15) is 0 Å². The summed E-state index contributed by atoms with van der Waals surface area (Å²) >= 11 is 0. The molecule has 0 bridgehead atoms. The van der Waals surface area contributed by atoms with Gasteiger partial charge in [0.1, 0.15) is 0 Å². The third-order valence-electron chi connectivity index (χ3n) is 4.91. The lowest BCUT2D eigenvalue weighted by molar-refractivity contribution is 1.03. The third-order valence-corrected chi connectivity index (χ3v) is 4.91. The van der Waals surface area contributed by atoms with E-state index in [1.807, 2.05) is 52.2 Å². The zero-order chi connectivity index (χ0) is 18.4. The van der Waals surface area contributed by atoms with Gasteiger partial charge in [0.05, 0.1) is 27.8 Å². The molecule has 0 saturated carbocycles. The molecule has 1 N–H and O–H groups in total. The first-order chi connectivity index (χ1) is 12.5. The van der Waals surface area contributed by atoms with Gasteiger partial charge < -0.3 is 14.9 Å². The highest BCUT2D eigenvalue weighted by Gasteiger charge is 2.18. The van der Waals surface area contributed by atoms with E-state index in [2.05, 4.69) is 39.8 Å². The van der Waals surface area contributed by atoms with Crippen LogP contribution in [0.4, 0.5) is 5.69 Å². The predicted octanol–water partition coefficient (Wildman–Crippen LogP) is 4.29. The van der Waals surface area contributed by atoms with Gasteiger partial charge >= 0.3 is 0 Å². The molecule has 130 valence electrons. The van der Waals surface area contributed by atoms with Crippen LogP contribution in [0.25, 0.3) is 28.1 Å². The second-order valence-corrected chi connectivity index (χ2v) is 6.91. The van der Waals surface area contributed by atoms with E-state index in [0.717, 1.165) is 44.9 Å². The molecule has 4 heteroatoms. The molecule has 0 aromatic heterocycles. The quantitative estimate of drug-likeness (QED) is 0.552. The van der Waals surface area contributed by atoms with Crippen molar-refractivity contribution < 1.29 is 0 Å². The molecule has 0 radical (unpaired) electrons. The van der Waals surface area contributed by atoms with Crippen LogP contribution in [0.5, 0.6) is 0 Å². The number of para-hydroxylation sites is 2. The summed E-state index contributed by atoms with van der Waals surface area (Å²) in [6.45, 7) is 3.99. The fourth-order valence-corrected chi connectivity index (χ4v) is 3.50. The minimum atomic E-state index is 0.576. The maximum Gasteiger partial charge on any atom is 0.0885 e. The van der Waals surface area contributed by atoms with Crippen molar-refractivity contribution in [3.05, 3.63) is 71.1 Å². The van der Waals surface area contributed by atoms with Crippen LogP contribution >= 0.6 is 0 Å². The molecule has 0 fully saturated rings. The Hall–Kier alpha value is -3.14. The van der Waals surface area contributed by atoms with Gasteiger partial charge in [0, 0.05) is 31.0 Å². The van der Waals surface area contributed by atoms with Crippen LogP contribution in [-0.2, 0) is 0 Å². The van der Waals surface area contributed by atoms with Crippen molar-refractivity contribution in [3.63, 3.8) is 0 Å². The highest BCUT2D eigenvalue weighted by Crippen LogP contribution is 2.31. The monoisotopic (exact) mass is 342 g/mol. The molecule has 26 heavy (non-hydrogen) atoms. The van der Waals surface area contributed by atoms with Crippen LogP contribution in [0.3, 0.4) is 0 Å². The lowest BCUT2D eigenvalue weighted by Gasteiger charge is -2.22. The van der Waals surface area contributed by atoms with Crippen molar-refractivity contribution in [3.8, 4) is 17.1 Å². The van der Waals surface area contributed by atoms with Gasteiger partial charge in [-0.05, 0) is 55.8 Å². The predicted molar refractivity (Wildman–Crippen MR) is 107 cm³/mol. The Labute approximate surface area is 153 Å². The van der Waals surface area contributed by atoms with Gasteiger partial charge in [-0.25, -0.2) is 4.98 Å². The number of anilines is 1. The zero-order valence-electron chi connectivity index (χ0n) is 15.5. The van der Waals surface area contributed by atoms with E-state index in [1.54, 1.807) is 0 Å². The second-order valence-electron chi connectivity index (χ2n) is 6.91. The Morgan fingerprint density at radius 2 is 1.73 bits per heavy atom. The first-order valence-corrected chi connectivity index (χ1v) is 8.71. The van der Waals surface area contributed by atoms with Crippen molar-refractivity contribution in [2.75, 3.05) is 19.0 Å². The van der Waals surface area contributed by atoms with Crippen LogP contribution in [0.15, 0.2) is 54.6 Å². The number of hydrogen-bond donors (Lipinski definition) is 1. The highest BCUT2D eigenvalue weighted by molar-refractivity contribution is 5.84. The largest absolute Gasteiger partial charge is 0.378 e. The summed E-state index contributed by atoms with van der Waals surface area (Å²) in [5, 5.41) is 9.03. The molecule has 0 atom stereocenters. The first kappa shape index (κ1) is 16.3. The molecule has 1 aliphatic heterocycles. The van der Waals surface area contributed by atoms with Crippen molar-refractivity contribution >= 4 is 16.7 Å². The Morgan fingerprint density at radius 1 is 0.962 bits per heavy atom. The van der Waals surface area contributed by atoms with Crippen molar-refractivity contribution in [2.24, 2.45) is 0 Å². The Morgan fingerprint density at radius 3 is 2.50 bits per heavy atom. The molecule has 4 nitrogen and oxygen atoms in total. The highest BCUT2D eigenvalue weighted by atomic mass is 15.1. The number of aryl methyl sites for hydroxylation is 1. The summed E-state index contributed by atoms with van der Waals surface area (Å²) in [6.07, 6.45) is 0. The van der Waals surface area contributed by atoms with Gasteiger partial charge in [-0.1, -0.05) is 18.2 Å². The summed E-state index contributed by atoms with van der Waals surface area (Å²) < 4.78 is 2.23. The fourth-order valence-electron chi connectivity index (χ4n) is 3.50. The average Bonchev–Trinajstić information content (AvgIpc) is 2.64. The van der Waals surface area contributed by atoms with E-state index < -0.39 is 0 Å². The van der Waals surface area contributed by atoms with Crippen molar-refractivity contribution in [1.82, 2.24) is 9.55 Å². The van der Waals surface area contributed by atoms with Crippen molar-refractivity contribution in [2.45, 2.75) is 13.8 Å². The molecule has 2 aromatic rings. The SMILES string of the molecule is Cc1cc2nc3ccccc3n(-c3cccc(N(C)C)c3)c-2c(C)c1=N. The molecule has 1 aliphatic carbocycles. The third kappa shape index (κ3) is 2.46. The van der Waals surface area contributed by atoms with Crippen LogP contribution < -0.4 is 10.3 Å². The second kappa shape index (κ2) is 5.99. The zero-order valence-corrected chi connectivity index (χ0v) is 15.5. The average molecular weight is 342 g/mol. The molecule has 0 saturated heterocycles. The summed E-state index contributed by atoms with van der Waals surface area (Å²) in [5.41, 5.74) is 8.03. The summed E-state index contributed by atoms with van der Waals surface area (Å²) in [5.74, 6) is 0. The summed E-state index contributed by atoms with van der Waals surface area (Å²) in [4.78, 5) is 6.97. The molecule has 4 rings (SSSR count). The Bertz CT molecular complexity index is 1150. The van der Waals surface area contributed by atoms with Gasteiger partial charge in [0.25, 0.3) is 0 Å². The number of nitrogens with one attached hydrogen (secondary N) is 1. The maximum atomic E-state index is 8.45. The van der Waals surface area contributed by atoms with Gasteiger partial charge in [-0.2, -0.15) is 0 Å². The van der Waals surface area contributed by atoms with Crippen LogP contribution in [0.2, 0.25) is 0 Å². The summed E-state index contributed by atoms with van der Waals surface area (Å²) in [7, 11) is 4.09. The lowest BCUT2D eigenvalue weighted by atomic mass is 10.0. The molecule has 1 heterocycles. The maximum absolute atomic E-state index is 8.45. The molecule has 0 spiro atoms. The molecular weight excluding hydrogens is 320 g/mol. The lowest BCUT2D eigenvalue weighted by Crippen LogP contribution is -2.17. The number of fused-ring (bicyclic) bond motifs is 2. The van der Waals surface area contributed by atoms with Gasteiger partial charge in [-0.3, -0.25) is 0 Å². The smallest absolute Gasteiger partial charge is 0.0885 e. The minimum Gasteiger partial charge on any atom is -0.378 e. The molecular formula is C22H22N4. The van der Waals surface area contributed by atoms with E-state index in [1.165, 1.54) is 0 Å². The Kier molecular flexibility index (Phi) is 3.76. The molecule has 0 amide bonds. The van der Waals surface area contributed by atoms with E-state index in [4.69, 9.17) is 10.4 Å². The minimum absolute atomic E-state index is 0.576. The number of hydrogen-bond acceptors (Lipinski definition) is 3. The molecule has 2 aromatic carbocycles. The molecule has 2 aliphatic rings. The standard InChI is InChI=1S/C22H22N4/c1-14-12-19-22(15(2)21(14)23)26(20-11-6-5-10-18(20)24-19)17-9-7-8-16(13-17)25(3)4/h5-13,23H,1-4H3. The van der Waals surface area contributed by atoms with E-state index >= 15 is 0 Å². The van der Waals surface area contributed by atoms with E-state index in [-0.39, 0.29) is 0 Å². The first-order valence-electron chi connectivity index (χ1n) is 8.71. The van der Waals surface area contributed by atoms with Crippen LogP contribution in [-0.4, -0.2) is 23.6 Å². The number of nitrogens with zero attached hydrogens (tertiary/aromatic N) is 3. The topological polar surface area (TPSA) is 44.9 Å². The number of aromatic nitrogens is 2. The summed E-state index contributed by atoms with van der Waals surface area (Å²) in [6, 6.07) is 18.7. The van der Waals surface area contributed by atoms with Gasteiger partial charge in [0.15, 0.2) is 0 Å². The number of rotatable bonds is 2. The van der Waals surface area contributed by atoms with Crippen LogP contribution in [0.1, 0.15) is 11.1 Å². The molecule has 0 unspecified atom stereocenters. The Balaban J connectivity index is 2.20. The normalized spacial score (nSPS) is 11.2. The fraction of sp³-hybridized carbons (Fsp3) is 0.182. The van der Waals surface area contributed by atoms with Gasteiger partial charge in [0.2, 0.25) is 0 Å². The van der Waals surface area contributed by atoms with E-state index in [0.29, 0.717) is 5.36 Å². The van der Waals surface area contributed by atoms with Crippen LogP contribution in [0, 0.1) is 19.3 Å². The number of benzene rings is 3. The van der Waals surface area contributed by atoms with Crippen molar-refractivity contribution in [1.29, 1.82) is 5.41 Å².